The molecule has 2 fully saturated rings. The Morgan fingerprint density at radius 1 is 1.19 bits per heavy atom. The highest BCUT2D eigenvalue weighted by Gasteiger charge is 2.24. The molecular weight excluding hydrogens is 198 g/mol. The van der Waals surface area contributed by atoms with Crippen molar-refractivity contribution in [3.8, 4) is 0 Å². The lowest BCUT2D eigenvalue weighted by Crippen LogP contribution is -2.33. The topological polar surface area (TPSA) is 35.2 Å². The lowest BCUT2D eigenvalue weighted by Gasteiger charge is -2.31. The van der Waals surface area contributed by atoms with Crippen molar-refractivity contribution in [2.24, 2.45) is 17.6 Å². The van der Waals surface area contributed by atoms with Crippen LogP contribution in [-0.2, 0) is 4.74 Å². The maximum absolute atomic E-state index is 6.32. The summed E-state index contributed by atoms with van der Waals surface area (Å²) in [4.78, 5) is 0. The molecule has 0 spiro atoms. The third-order valence-corrected chi connectivity index (χ3v) is 4.51. The van der Waals surface area contributed by atoms with E-state index in [2.05, 4.69) is 6.92 Å². The zero-order valence-electron chi connectivity index (χ0n) is 10.7. The molecule has 16 heavy (non-hydrogen) atoms. The van der Waals surface area contributed by atoms with Gasteiger partial charge in [0.15, 0.2) is 0 Å². The second-order valence-electron chi connectivity index (χ2n) is 5.90. The van der Waals surface area contributed by atoms with Gasteiger partial charge in [0.2, 0.25) is 0 Å². The van der Waals surface area contributed by atoms with Crippen molar-refractivity contribution in [3.63, 3.8) is 0 Å². The maximum Gasteiger partial charge on any atom is 0.0576 e. The predicted octanol–water partition coefficient (Wildman–Crippen LogP) is 3.10. The monoisotopic (exact) mass is 225 g/mol. The number of hydrogen-bond donors (Lipinski definition) is 1. The van der Waals surface area contributed by atoms with Crippen molar-refractivity contribution in [2.75, 3.05) is 6.61 Å². The second-order valence-corrected chi connectivity index (χ2v) is 5.90. The number of ether oxygens (including phenoxy) is 1. The van der Waals surface area contributed by atoms with Gasteiger partial charge in [0.05, 0.1) is 6.10 Å². The average molecular weight is 225 g/mol. The molecule has 2 rings (SSSR count). The zero-order chi connectivity index (χ0) is 11.4. The molecule has 0 amide bonds. The van der Waals surface area contributed by atoms with Crippen molar-refractivity contribution in [1.29, 1.82) is 0 Å². The number of rotatable bonds is 4. The Morgan fingerprint density at radius 2 is 1.94 bits per heavy atom. The van der Waals surface area contributed by atoms with E-state index in [1.54, 1.807) is 0 Å². The maximum atomic E-state index is 6.32. The van der Waals surface area contributed by atoms with Crippen LogP contribution in [0.4, 0.5) is 0 Å². The Hall–Kier alpha value is -0.0800. The Bertz CT molecular complexity index is 193. The van der Waals surface area contributed by atoms with E-state index in [9.17, 15) is 0 Å². The van der Waals surface area contributed by atoms with E-state index in [4.69, 9.17) is 10.5 Å². The Balaban J connectivity index is 1.64. The third kappa shape index (κ3) is 3.46. The minimum Gasteiger partial charge on any atom is -0.378 e. The van der Waals surface area contributed by atoms with E-state index in [0.717, 1.165) is 18.4 Å². The summed E-state index contributed by atoms with van der Waals surface area (Å²) in [7, 11) is 0. The summed E-state index contributed by atoms with van der Waals surface area (Å²) >= 11 is 0. The van der Waals surface area contributed by atoms with Crippen molar-refractivity contribution in [1.82, 2.24) is 0 Å². The van der Waals surface area contributed by atoms with E-state index >= 15 is 0 Å². The summed E-state index contributed by atoms with van der Waals surface area (Å²) in [5.74, 6) is 1.72. The van der Waals surface area contributed by atoms with Gasteiger partial charge in [0, 0.05) is 12.6 Å². The highest BCUT2D eigenvalue weighted by Crippen LogP contribution is 2.31. The first kappa shape index (κ1) is 12.4. The SMILES string of the molecule is CC1CCC(C(N)CCC2CCCO2)CC1. The van der Waals surface area contributed by atoms with Crippen molar-refractivity contribution in [3.05, 3.63) is 0 Å². The number of nitrogens with two attached hydrogens (primary N) is 1. The van der Waals surface area contributed by atoms with E-state index in [0.29, 0.717) is 12.1 Å². The molecule has 94 valence electrons. The Labute approximate surface area is 99.9 Å². The van der Waals surface area contributed by atoms with Crippen LogP contribution in [0.25, 0.3) is 0 Å². The van der Waals surface area contributed by atoms with Crippen LogP contribution in [0, 0.1) is 11.8 Å². The van der Waals surface area contributed by atoms with E-state index < -0.39 is 0 Å². The fourth-order valence-corrected chi connectivity index (χ4v) is 3.20. The standard InChI is InChI=1S/C14H27NO/c1-11-4-6-12(7-5-11)14(15)9-8-13-3-2-10-16-13/h11-14H,2-10,15H2,1H3. The van der Waals surface area contributed by atoms with Crippen LogP contribution in [0.5, 0.6) is 0 Å². The Morgan fingerprint density at radius 3 is 2.56 bits per heavy atom. The predicted molar refractivity (Wildman–Crippen MR) is 67.3 cm³/mol. The van der Waals surface area contributed by atoms with Crippen LogP contribution in [0.1, 0.15) is 58.3 Å². The minimum atomic E-state index is 0.427. The van der Waals surface area contributed by atoms with Crippen molar-refractivity contribution in [2.45, 2.75) is 70.4 Å². The molecular formula is C14H27NO. The van der Waals surface area contributed by atoms with Gasteiger partial charge in [-0.1, -0.05) is 19.8 Å². The van der Waals surface area contributed by atoms with Gasteiger partial charge in [-0.3, -0.25) is 0 Å². The van der Waals surface area contributed by atoms with Crippen LogP contribution in [0.2, 0.25) is 0 Å². The van der Waals surface area contributed by atoms with Gasteiger partial charge in [-0.05, 0) is 50.4 Å². The Kier molecular flexibility index (Phi) is 4.66. The van der Waals surface area contributed by atoms with E-state index in [1.807, 2.05) is 0 Å². The largest absolute Gasteiger partial charge is 0.378 e. The first-order chi connectivity index (χ1) is 7.75. The van der Waals surface area contributed by atoms with Gasteiger partial charge in [0.1, 0.15) is 0 Å². The van der Waals surface area contributed by atoms with Crippen LogP contribution >= 0.6 is 0 Å². The first-order valence-corrected chi connectivity index (χ1v) is 7.13. The minimum absolute atomic E-state index is 0.427. The average Bonchev–Trinajstić information content (AvgIpc) is 2.80. The van der Waals surface area contributed by atoms with Gasteiger partial charge >= 0.3 is 0 Å². The lowest BCUT2D eigenvalue weighted by atomic mass is 9.78. The molecule has 1 saturated heterocycles. The molecule has 1 aliphatic carbocycles. The van der Waals surface area contributed by atoms with Gasteiger partial charge in [-0.2, -0.15) is 0 Å². The number of hydrogen-bond acceptors (Lipinski definition) is 2. The highest BCUT2D eigenvalue weighted by molar-refractivity contribution is 4.80. The van der Waals surface area contributed by atoms with Gasteiger partial charge < -0.3 is 10.5 Å². The van der Waals surface area contributed by atoms with Gasteiger partial charge in [0.25, 0.3) is 0 Å². The lowest BCUT2D eigenvalue weighted by molar-refractivity contribution is 0.0972. The van der Waals surface area contributed by atoms with Gasteiger partial charge in [-0.25, -0.2) is 0 Å². The normalized spacial score (nSPS) is 37.5. The fraction of sp³-hybridized carbons (Fsp3) is 1.00. The molecule has 2 N–H and O–H groups in total. The molecule has 2 unspecified atom stereocenters. The van der Waals surface area contributed by atoms with Crippen molar-refractivity contribution >= 4 is 0 Å². The summed E-state index contributed by atoms with van der Waals surface area (Å²) < 4.78 is 5.65. The van der Waals surface area contributed by atoms with Crippen LogP contribution in [0.15, 0.2) is 0 Å². The molecule has 2 atom stereocenters. The van der Waals surface area contributed by atoms with E-state index in [-0.39, 0.29) is 0 Å². The third-order valence-electron chi connectivity index (χ3n) is 4.51. The summed E-state index contributed by atoms with van der Waals surface area (Å²) in [6.45, 7) is 3.34. The first-order valence-electron chi connectivity index (χ1n) is 7.13. The molecule has 2 aliphatic rings. The molecule has 2 nitrogen and oxygen atoms in total. The summed E-state index contributed by atoms with van der Waals surface area (Å²) in [6.07, 6.45) is 10.9. The summed E-state index contributed by atoms with van der Waals surface area (Å²) in [6, 6.07) is 0.427. The highest BCUT2D eigenvalue weighted by atomic mass is 16.5. The molecule has 0 aromatic rings. The smallest absolute Gasteiger partial charge is 0.0576 e. The molecule has 0 aromatic heterocycles. The molecule has 0 radical (unpaired) electrons. The second kappa shape index (κ2) is 6.02. The molecule has 1 heterocycles. The van der Waals surface area contributed by atoms with Gasteiger partial charge in [-0.15, -0.1) is 0 Å². The molecule has 0 bridgehead atoms. The fourth-order valence-electron chi connectivity index (χ4n) is 3.20. The van der Waals surface area contributed by atoms with Crippen LogP contribution in [-0.4, -0.2) is 18.8 Å². The van der Waals surface area contributed by atoms with Crippen molar-refractivity contribution < 1.29 is 4.74 Å². The molecule has 0 aromatic carbocycles. The van der Waals surface area contributed by atoms with E-state index in [1.165, 1.54) is 51.4 Å². The molecule has 2 heteroatoms. The van der Waals surface area contributed by atoms with Crippen LogP contribution < -0.4 is 5.73 Å². The molecule has 1 aliphatic heterocycles. The quantitative estimate of drug-likeness (QED) is 0.798. The zero-order valence-corrected chi connectivity index (χ0v) is 10.7. The summed E-state index contributed by atoms with van der Waals surface area (Å²) in [5.41, 5.74) is 6.32. The van der Waals surface area contributed by atoms with Crippen LogP contribution in [0.3, 0.4) is 0 Å². The summed E-state index contributed by atoms with van der Waals surface area (Å²) in [5, 5.41) is 0. The molecule has 1 saturated carbocycles.